The van der Waals surface area contributed by atoms with E-state index in [2.05, 4.69) is 27.6 Å². The van der Waals surface area contributed by atoms with Crippen LogP contribution in [0.2, 0.25) is 10.2 Å². The topological polar surface area (TPSA) is 59.2 Å². The Bertz CT molecular complexity index is 760. The molecule has 2 heterocycles. The van der Waals surface area contributed by atoms with Crippen molar-refractivity contribution in [3.05, 3.63) is 38.9 Å². The third-order valence-electron chi connectivity index (χ3n) is 4.29. The van der Waals surface area contributed by atoms with E-state index in [4.69, 9.17) is 23.2 Å². The second-order valence-electron chi connectivity index (χ2n) is 5.98. The van der Waals surface area contributed by atoms with E-state index in [1.807, 2.05) is 43.3 Å². The average molecular weight is 385 g/mol. The fraction of sp³-hybridized carbons (Fsp3) is 0.529. The smallest absolute Gasteiger partial charge is 0.191 e. The molecule has 0 atom stereocenters. The molecule has 0 saturated heterocycles. The van der Waals surface area contributed by atoms with Crippen molar-refractivity contribution < 1.29 is 0 Å². The molecule has 25 heavy (non-hydrogen) atoms. The number of hydrogen-bond donors (Lipinski definition) is 2. The Hall–Kier alpha value is -1.66. The third kappa shape index (κ3) is 4.70. The van der Waals surface area contributed by atoms with Crippen LogP contribution in [0.4, 0.5) is 0 Å². The Morgan fingerprint density at radius 1 is 1.24 bits per heavy atom. The predicted molar refractivity (Wildman–Crippen MR) is 105 cm³/mol. The van der Waals surface area contributed by atoms with E-state index in [0.29, 0.717) is 16.7 Å². The zero-order valence-electron chi connectivity index (χ0n) is 15.5. The minimum absolute atomic E-state index is 0.503. The van der Waals surface area contributed by atoms with Gasteiger partial charge in [0, 0.05) is 38.6 Å². The van der Waals surface area contributed by atoms with Gasteiger partial charge in [0.15, 0.2) is 5.96 Å². The molecule has 6 nitrogen and oxygen atoms in total. The van der Waals surface area contributed by atoms with Crippen LogP contribution >= 0.6 is 23.2 Å². The zero-order chi connectivity index (χ0) is 18.6. The SMILES string of the molecule is CCNC(=NCc1cc(Cl)c(Cl)n1C)NCCc1c(C)nn(C)c1C. The highest BCUT2D eigenvalue weighted by atomic mass is 35.5. The van der Waals surface area contributed by atoms with Gasteiger partial charge in [-0.25, -0.2) is 4.99 Å². The molecule has 0 aliphatic rings. The van der Waals surface area contributed by atoms with Crippen molar-refractivity contribution in [1.82, 2.24) is 25.0 Å². The Morgan fingerprint density at radius 3 is 2.48 bits per heavy atom. The Balaban J connectivity index is 1.99. The second kappa shape index (κ2) is 8.63. The van der Waals surface area contributed by atoms with E-state index >= 15 is 0 Å². The summed E-state index contributed by atoms with van der Waals surface area (Å²) in [5.74, 6) is 0.773. The lowest BCUT2D eigenvalue weighted by Gasteiger charge is -2.12. The summed E-state index contributed by atoms with van der Waals surface area (Å²) in [6.45, 7) is 8.27. The molecule has 2 aromatic heterocycles. The Labute approximate surface area is 159 Å². The van der Waals surface area contributed by atoms with Gasteiger partial charge in [-0.15, -0.1) is 0 Å². The van der Waals surface area contributed by atoms with Gasteiger partial charge < -0.3 is 15.2 Å². The monoisotopic (exact) mass is 384 g/mol. The van der Waals surface area contributed by atoms with Crippen LogP contribution in [0.3, 0.4) is 0 Å². The highest BCUT2D eigenvalue weighted by molar-refractivity contribution is 6.41. The molecule has 0 fully saturated rings. The maximum atomic E-state index is 6.10. The van der Waals surface area contributed by atoms with E-state index in [0.717, 1.165) is 36.9 Å². The maximum absolute atomic E-state index is 6.10. The first-order valence-corrected chi connectivity index (χ1v) is 9.11. The number of guanidine groups is 1. The van der Waals surface area contributed by atoms with Crippen molar-refractivity contribution in [1.29, 1.82) is 0 Å². The number of halogens is 2. The van der Waals surface area contributed by atoms with Gasteiger partial charge in [0.1, 0.15) is 5.15 Å². The summed E-state index contributed by atoms with van der Waals surface area (Å²) in [6.07, 6.45) is 0.901. The summed E-state index contributed by atoms with van der Waals surface area (Å²) in [5.41, 5.74) is 4.53. The lowest BCUT2D eigenvalue weighted by molar-refractivity contribution is 0.728. The fourth-order valence-electron chi connectivity index (χ4n) is 2.73. The number of hydrogen-bond acceptors (Lipinski definition) is 2. The molecule has 0 spiro atoms. The van der Waals surface area contributed by atoms with Crippen molar-refractivity contribution in [3.63, 3.8) is 0 Å². The minimum Gasteiger partial charge on any atom is -0.357 e. The fourth-order valence-corrected chi connectivity index (χ4v) is 3.14. The summed E-state index contributed by atoms with van der Waals surface area (Å²) in [6, 6.07) is 1.85. The van der Waals surface area contributed by atoms with Crippen LogP contribution in [0.15, 0.2) is 11.1 Å². The molecule has 8 heteroatoms. The van der Waals surface area contributed by atoms with Crippen LogP contribution in [0.1, 0.15) is 29.6 Å². The molecule has 0 aliphatic carbocycles. The van der Waals surface area contributed by atoms with E-state index < -0.39 is 0 Å². The van der Waals surface area contributed by atoms with Gasteiger partial charge in [0.05, 0.1) is 17.3 Å². The Morgan fingerprint density at radius 2 is 1.96 bits per heavy atom. The van der Waals surface area contributed by atoms with Gasteiger partial charge in [-0.05, 0) is 38.8 Å². The third-order valence-corrected chi connectivity index (χ3v) is 5.13. The summed E-state index contributed by atoms with van der Waals surface area (Å²) in [5, 5.41) is 12.2. The van der Waals surface area contributed by atoms with E-state index in [9.17, 15) is 0 Å². The number of aliphatic imine (C=N–C) groups is 1. The number of aryl methyl sites for hydroxylation is 2. The molecule has 2 aromatic rings. The maximum Gasteiger partial charge on any atom is 0.191 e. The first-order valence-electron chi connectivity index (χ1n) is 8.36. The van der Waals surface area contributed by atoms with Gasteiger partial charge in [-0.3, -0.25) is 4.68 Å². The second-order valence-corrected chi connectivity index (χ2v) is 6.74. The predicted octanol–water partition coefficient (Wildman–Crippen LogP) is 2.98. The van der Waals surface area contributed by atoms with Crippen molar-refractivity contribution >= 4 is 29.2 Å². The van der Waals surface area contributed by atoms with Crippen molar-refractivity contribution in [3.8, 4) is 0 Å². The molecule has 138 valence electrons. The van der Waals surface area contributed by atoms with Gasteiger partial charge >= 0.3 is 0 Å². The molecule has 0 aromatic carbocycles. The molecule has 0 bridgehead atoms. The van der Waals surface area contributed by atoms with Gasteiger partial charge in [0.2, 0.25) is 0 Å². The van der Waals surface area contributed by atoms with Gasteiger partial charge in [-0.2, -0.15) is 5.10 Å². The minimum atomic E-state index is 0.503. The highest BCUT2D eigenvalue weighted by Gasteiger charge is 2.10. The van der Waals surface area contributed by atoms with Gasteiger partial charge in [0.25, 0.3) is 0 Å². The molecular weight excluding hydrogens is 359 g/mol. The number of nitrogens with one attached hydrogen (secondary N) is 2. The molecule has 0 aliphatic heterocycles. The van der Waals surface area contributed by atoms with Crippen LogP contribution in [-0.2, 0) is 27.1 Å². The van der Waals surface area contributed by atoms with Crippen molar-refractivity contribution in [2.45, 2.75) is 33.7 Å². The Kier molecular flexibility index (Phi) is 6.79. The van der Waals surface area contributed by atoms with Crippen LogP contribution in [-0.4, -0.2) is 33.4 Å². The van der Waals surface area contributed by atoms with E-state index in [1.54, 1.807) is 0 Å². The summed E-state index contributed by atoms with van der Waals surface area (Å²) in [4.78, 5) is 4.62. The average Bonchev–Trinajstić information content (AvgIpc) is 2.96. The zero-order valence-corrected chi connectivity index (χ0v) is 17.0. The van der Waals surface area contributed by atoms with E-state index in [1.165, 1.54) is 11.3 Å². The molecule has 0 amide bonds. The summed E-state index contributed by atoms with van der Waals surface area (Å²) >= 11 is 12.2. The quantitative estimate of drug-likeness (QED) is 0.594. The molecule has 0 saturated carbocycles. The van der Waals surface area contributed by atoms with Crippen molar-refractivity contribution in [2.75, 3.05) is 13.1 Å². The van der Waals surface area contributed by atoms with Crippen LogP contribution in [0.5, 0.6) is 0 Å². The van der Waals surface area contributed by atoms with Gasteiger partial charge in [-0.1, -0.05) is 23.2 Å². The van der Waals surface area contributed by atoms with Crippen molar-refractivity contribution in [2.24, 2.45) is 19.1 Å². The summed E-state index contributed by atoms with van der Waals surface area (Å²) in [7, 11) is 3.86. The van der Waals surface area contributed by atoms with Crippen LogP contribution < -0.4 is 10.6 Å². The highest BCUT2D eigenvalue weighted by Crippen LogP contribution is 2.25. The normalized spacial score (nSPS) is 11.9. The molecule has 0 unspecified atom stereocenters. The first kappa shape index (κ1) is 19.7. The van der Waals surface area contributed by atoms with E-state index in [-0.39, 0.29) is 0 Å². The molecule has 0 radical (unpaired) electrons. The lowest BCUT2D eigenvalue weighted by atomic mass is 10.1. The molecular formula is C17H26Cl2N6. The number of nitrogens with zero attached hydrogens (tertiary/aromatic N) is 4. The first-order chi connectivity index (χ1) is 11.8. The van der Waals surface area contributed by atoms with Crippen LogP contribution in [0, 0.1) is 13.8 Å². The molecule has 2 N–H and O–H groups in total. The number of rotatable bonds is 6. The standard InChI is InChI=1S/C17H26Cl2N6/c1-6-20-17(22-10-13-9-15(18)16(19)24(13)4)21-8-7-14-11(2)23-25(5)12(14)3/h9H,6-8,10H2,1-5H3,(H2,20,21,22). The largest absolute Gasteiger partial charge is 0.357 e. The number of aromatic nitrogens is 3. The summed E-state index contributed by atoms with van der Waals surface area (Å²) < 4.78 is 3.77. The molecule has 2 rings (SSSR count). The lowest BCUT2D eigenvalue weighted by Crippen LogP contribution is -2.38. The van der Waals surface area contributed by atoms with Crippen LogP contribution in [0.25, 0.3) is 0 Å².